The number of nitriles is 1. The number of carbonyl (C=O) groups excluding carboxylic acids is 1. The van der Waals surface area contributed by atoms with Crippen LogP contribution in [0.4, 0.5) is 11.5 Å². The third-order valence-electron chi connectivity index (χ3n) is 3.71. The van der Waals surface area contributed by atoms with Crippen LogP contribution >= 0.6 is 0 Å². The zero-order valence-electron chi connectivity index (χ0n) is 14.2. The number of rotatable bonds is 5. The molecule has 0 aliphatic carbocycles. The van der Waals surface area contributed by atoms with Crippen LogP contribution in [0.3, 0.4) is 0 Å². The van der Waals surface area contributed by atoms with Crippen LogP contribution in [0.5, 0.6) is 0 Å². The minimum Gasteiger partial charge on any atom is -0.366 e. The molecule has 1 amide bonds. The molecule has 3 rings (SSSR count). The Bertz CT molecular complexity index is 978. The van der Waals surface area contributed by atoms with E-state index in [1.165, 1.54) is 11.9 Å². The fourth-order valence-corrected chi connectivity index (χ4v) is 2.45. The summed E-state index contributed by atoms with van der Waals surface area (Å²) < 4.78 is 0. The maximum Gasteiger partial charge on any atom is 0.274 e. The van der Waals surface area contributed by atoms with E-state index in [-0.39, 0.29) is 11.6 Å². The fourth-order valence-electron chi connectivity index (χ4n) is 2.45. The smallest absolute Gasteiger partial charge is 0.274 e. The zero-order valence-corrected chi connectivity index (χ0v) is 14.2. The number of benzene rings is 2. The molecule has 1 heterocycles. The first-order chi connectivity index (χ1) is 12.6. The standard InChI is InChI=1S/C20H17N5O/c1-14-4-2-6-16(8-14)12-22-19-10-18(23-13-24-19)20(26)25-17-7-3-5-15(9-17)11-21/h2-10,13H,12H2,1H3,(H,25,26)(H,22,23,24). The maximum atomic E-state index is 12.4. The van der Waals surface area contributed by atoms with Crippen molar-refractivity contribution in [1.29, 1.82) is 5.26 Å². The second-order valence-corrected chi connectivity index (χ2v) is 5.78. The Kier molecular flexibility index (Phi) is 5.20. The normalized spacial score (nSPS) is 10.0. The van der Waals surface area contributed by atoms with Crippen LogP contribution in [0.1, 0.15) is 27.2 Å². The molecule has 0 aliphatic rings. The van der Waals surface area contributed by atoms with Crippen LogP contribution in [0.25, 0.3) is 0 Å². The Labute approximate surface area is 151 Å². The van der Waals surface area contributed by atoms with E-state index in [9.17, 15) is 4.79 Å². The number of amides is 1. The molecule has 0 unspecified atom stereocenters. The molecule has 0 fully saturated rings. The summed E-state index contributed by atoms with van der Waals surface area (Å²) in [6, 6.07) is 18.5. The Morgan fingerprint density at radius 1 is 1.12 bits per heavy atom. The molecule has 1 aromatic heterocycles. The van der Waals surface area contributed by atoms with Gasteiger partial charge in [-0.25, -0.2) is 9.97 Å². The summed E-state index contributed by atoms with van der Waals surface area (Å²) in [6.07, 6.45) is 1.35. The summed E-state index contributed by atoms with van der Waals surface area (Å²) >= 11 is 0. The van der Waals surface area contributed by atoms with E-state index in [1.54, 1.807) is 30.3 Å². The third kappa shape index (κ3) is 4.42. The Morgan fingerprint density at radius 2 is 1.96 bits per heavy atom. The largest absolute Gasteiger partial charge is 0.366 e. The second kappa shape index (κ2) is 7.90. The molecule has 0 aliphatic heterocycles. The molecule has 3 aromatic rings. The van der Waals surface area contributed by atoms with E-state index in [1.807, 2.05) is 31.2 Å². The summed E-state index contributed by atoms with van der Waals surface area (Å²) in [7, 11) is 0. The number of carbonyl (C=O) groups is 1. The molecular formula is C20H17N5O. The lowest BCUT2D eigenvalue weighted by Crippen LogP contribution is -2.14. The molecule has 26 heavy (non-hydrogen) atoms. The van der Waals surface area contributed by atoms with Gasteiger partial charge in [0.25, 0.3) is 5.91 Å². The lowest BCUT2D eigenvalue weighted by Gasteiger charge is -2.08. The van der Waals surface area contributed by atoms with Crippen molar-refractivity contribution in [3.63, 3.8) is 0 Å². The third-order valence-corrected chi connectivity index (χ3v) is 3.71. The summed E-state index contributed by atoms with van der Waals surface area (Å²) in [5.41, 5.74) is 3.58. The van der Waals surface area contributed by atoms with Gasteiger partial charge in [-0.3, -0.25) is 4.79 Å². The average Bonchev–Trinajstić information content (AvgIpc) is 2.67. The number of nitrogens with one attached hydrogen (secondary N) is 2. The highest BCUT2D eigenvalue weighted by Gasteiger charge is 2.09. The van der Waals surface area contributed by atoms with Crippen molar-refractivity contribution in [3.05, 3.63) is 83.3 Å². The van der Waals surface area contributed by atoms with E-state index in [0.29, 0.717) is 23.6 Å². The number of aryl methyl sites for hydroxylation is 1. The SMILES string of the molecule is Cc1cccc(CNc2cc(C(=O)Nc3cccc(C#N)c3)ncn2)c1. The topological polar surface area (TPSA) is 90.7 Å². The van der Waals surface area contributed by atoms with Crippen molar-refractivity contribution in [3.8, 4) is 6.07 Å². The lowest BCUT2D eigenvalue weighted by atomic mass is 10.1. The molecule has 0 saturated carbocycles. The highest BCUT2D eigenvalue weighted by atomic mass is 16.1. The van der Waals surface area contributed by atoms with E-state index in [2.05, 4.69) is 26.7 Å². The van der Waals surface area contributed by atoms with Crippen molar-refractivity contribution < 1.29 is 4.79 Å². The maximum absolute atomic E-state index is 12.4. The molecule has 0 atom stereocenters. The van der Waals surface area contributed by atoms with Gasteiger partial charge in [0, 0.05) is 18.3 Å². The van der Waals surface area contributed by atoms with Gasteiger partial charge >= 0.3 is 0 Å². The molecule has 128 valence electrons. The minimum atomic E-state index is -0.360. The molecule has 6 heteroatoms. The number of nitrogens with zero attached hydrogens (tertiary/aromatic N) is 3. The van der Waals surface area contributed by atoms with Crippen molar-refractivity contribution in [1.82, 2.24) is 9.97 Å². The minimum absolute atomic E-state index is 0.245. The lowest BCUT2D eigenvalue weighted by molar-refractivity contribution is 0.102. The van der Waals surface area contributed by atoms with Crippen molar-refractivity contribution in [2.75, 3.05) is 10.6 Å². The Hall–Kier alpha value is -3.72. The van der Waals surface area contributed by atoms with Crippen LogP contribution < -0.4 is 10.6 Å². The molecule has 0 radical (unpaired) electrons. The van der Waals surface area contributed by atoms with Gasteiger partial charge in [-0.05, 0) is 30.7 Å². The first-order valence-corrected chi connectivity index (χ1v) is 8.07. The van der Waals surface area contributed by atoms with Gasteiger partial charge in [-0.15, -0.1) is 0 Å². The monoisotopic (exact) mass is 343 g/mol. The van der Waals surface area contributed by atoms with E-state index in [0.717, 1.165) is 5.56 Å². The molecule has 0 saturated heterocycles. The van der Waals surface area contributed by atoms with Crippen LogP contribution in [0.2, 0.25) is 0 Å². The quantitative estimate of drug-likeness (QED) is 0.739. The highest BCUT2D eigenvalue weighted by molar-refractivity contribution is 6.03. The van der Waals surface area contributed by atoms with Crippen molar-refractivity contribution in [2.45, 2.75) is 13.5 Å². The van der Waals surface area contributed by atoms with Crippen LogP contribution in [-0.4, -0.2) is 15.9 Å². The first kappa shape index (κ1) is 17.1. The predicted octanol–water partition coefficient (Wildman–Crippen LogP) is 3.52. The molecule has 2 N–H and O–H groups in total. The predicted molar refractivity (Wildman–Crippen MR) is 99.6 cm³/mol. The van der Waals surface area contributed by atoms with Gasteiger partial charge < -0.3 is 10.6 Å². The van der Waals surface area contributed by atoms with E-state index < -0.39 is 0 Å². The van der Waals surface area contributed by atoms with E-state index in [4.69, 9.17) is 5.26 Å². The highest BCUT2D eigenvalue weighted by Crippen LogP contribution is 2.13. The molecule has 2 aromatic carbocycles. The molecule has 6 nitrogen and oxygen atoms in total. The number of anilines is 2. The number of aromatic nitrogens is 2. The molecule has 0 spiro atoms. The van der Waals surface area contributed by atoms with Gasteiger partial charge in [-0.1, -0.05) is 35.9 Å². The molecule has 0 bridgehead atoms. The molecular weight excluding hydrogens is 326 g/mol. The van der Waals surface area contributed by atoms with Gasteiger partial charge in [0.15, 0.2) is 0 Å². The van der Waals surface area contributed by atoms with Crippen molar-refractivity contribution >= 4 is 17.4 Å². The first-order valence-electron chi connectivity index (χ1n) is 8.07. The summed E-state index contributed by atoms with van der Waals surface area (Å²) in [5.74, 6) is 0.207. The summed E-state index contributed by atoms with van der Waals surface area (Å²) in [6.45, 7) is 2.64. The Balaban J connectivity index is 1.68. The zero-order chi connectivity index (χ0) is 18.4. The second-order valence-electron chi connectivity index (χ2n) is 5.78. The van der Waals surface area contributed by atoms with Gasteiger partial charge in [0.05, 0.1) is 11.6 Å². The number of hydrogen-bond donors (Lipinski definition) is 2. The summed E-state index contributed by atoms with van der Waals surface area (Å²) in [4.78, 5) is 20.5. The number of hydrogen-bond acceptors (Lipinski definition) is 5. The van der Waals surface area contributed by atoms with Gasteiger partial charge in [0.2, 0.25) is 0 Å². The Morgan fingerprint density at radius 3 is 2.77 bits per heavy atom. The van der Waals surface area contributed by atoms with Gasteiger partial charge in [0.1, 0.15) is 17.8 Å². The van der Waals surface area contributed by atoms with E-state index >= 15 is 0 Å². The average molecular weight is 343 g/mol. The van der Waals surface area contributed by atoms with Crippen molar-refractivity contribution in [2.24, 2.45) is 0 Å². The fraction of sp³-hybridized carbons (Fsp3) is 0.100. The van der Waals surface area contributed by atoms with Crippen LogP contribution in [-0.2, 0) is 6.54 Å². The summed E-state index contributed by atoms with van der Waals surface area (Å²) in [5, 5.41) is 14.9. The van der Waals surface area contributed by atoms with Crippen LogP contribution in [0.15, 0.2) is 60.9 Å². The van der Waals surface area contributed by atoms with Crippen LogP contribution in [0, 0.1) is 18.3 Å². The van der Waals surface area contributed by atoms with Gasteiger partial charge in [-0.2, -0.15) is 5.26 Å².